The molecule has 1 heterocycles. The fraction of sp³-hybridized carbons (Fsp3) is 0.333. The van der Waals surface area contributed by atoms with Crippen LogP contribution in [0.2, 0.25) is 5.02 Å². The largest absolute Gasteiger partial charge is 0.327 e. The Morgan fingerprint density at radius 1 is 1.11 bits per heavy atom. The van der Waals surface area contributed by atoms with Crippen molar-refractivity contribution in [3.05, 3.63) is 64.2 Å². The number of carbonyl (C=O) groups excluding carboxylic acids is 2. The molecule has 0 bridgehead atoms. The van der Waals surface area contributed by atoms with Gasteiger partial charge in [0.25, 0.3) is 11.8 Å². The van der Waals surface area contributed by atoms with Crippen LogP contribution in [-0.4, -0.2) is 49.4 Å². The van der Waals surface area contributed by atoms with E-state index in [9.17, 15) is 9.59 Å². The van der Waals surface area contributed by atoms with Crippen LogP contribution in [0.5, 0.6) is 0 Å². The standard InChI is InChI=1S/C21H24ClN3O2/c1-15-12-16(2)20(18(22)13-15)23-19(26)14-24-8-10-25(11-9-24)21(27)17-6-4-3-5-7-17/h3-7,12-13H,8-11,14H2,1-2H3,(H,23,26)/p+1. The van der Waals surface area contributed by atoms with Crippen molar-refractivity contribution in [2.75, 3.05) is 38.0 Å². The smallest absolute Gasteiger partial charge is 0.279 e. The third-order valence-corrected chi connectivity index (χ3v) is 5.18. The van der Waals surface area contributed by atoms with E-state index in [1.54, 1.807) is 0 Å². The van der Waals surface area contributed by atoms with Gasteiger partial charge in [0.1, 0.15) is 0 Å². The highest BCUT2D eigenvalue weighted by atomic mass is 35.5. The zero-order valence-electron chi connectivity index (χ0n) is 15.7. The Morgan fingerprint density at radius 2 is 1.78 bits per heavy atom. The highest BCUT2D eigenvalue weighted by Gasteiger charge is 2.26. The summed E-state index contributed by atoms with van der Waals surface area (Å²) < 4.78 is 0. The molecule has 0 unspecified atom stereocenters. The average Bonchev–Trinajstić information content (AvgIpc) is 2.65. The predicted octanol–water partition coefficient (Wildman–Crippen LogP) is 1.94. The average molecular weight is 387 g/mol. The van der Waals surface area contributed by atoms with Crippen molar-refractivity contribution >= 4 is 29.1 Å². The van der Waals surface area contributed by atoms with E-state index in [0.29, 0.717) is 35.9 Å². The molecule has 1 aliphatic heterocycles. The molecule has 2 aromatic rings. The maximum absolute atomic E-state index is 12.5. The van der Waals surface area contributed by atoms with Crippen LogP contribution in [-0.2, 0) is 4.79 Å². The first-order chi connectivity index (χ1) is 12.9. The number of amides is 2. The summed E-state index contributed by atoms with van der Waals surface area (Å²) in [6, 6.07) is 13.2. The van der Waals surface area contributed by atoms with Gasteiger partial charge in [-0.05, 0) is 43.2 Å². The van der Waals surface area contributed by atoms with Crippen LogP contribution in [0.15, 0.2) is 42.5 Å². The lowest BCUT2D eigenvalue weighted by atomic mass is 10.1. The van der Waals surface area contributed by atoms with Crippen LogP contribution < -0.4 is 10.2 Å². The van der Waals surface area contributed by atoms with E-state index in [2.05, 4.69) is 5.32 Å². The second-order valence-corrected chi connectivity index (χ2v) is 7.48. The van der Waals surface area contributed by atoms with Gasteiger partial charge in [-0.25, -0.2) is 0 Å². The van der Waals surface area contributed by atoms with Crippen LogP contribution >= 0.6 is 11.6 Å². The highest BCUT2D eigenvalue weighted by molar-refractivity contribution is 6.34. The van der Waals surface area contributed by atoms with Crippen LogP contribution in [0, 0.1) is 13.8 Å². The molecule has 0 spiro atoms. The molecular weight excluding hydrogens is 362 g/mol. The molecule has 1 saturated heterocycles. The van der Waals surface area contributed by atoms with Crippen molar-refractivity contribution in [3.8, 4) is 0 Å². The van der Waals surface area contributed by atoms with Gasteiger partial charge in [-0.3, -0.25) is 9.59 Å². The molecule has 2 aromatic carbocycles. The number of nitrogens with one attached hydrogen (secondary N) is 2. The van der Waals surface area contributed by atoms with Gasteiger partial charge in [0, 0.05) is 5.56 Å². The van der Waals surface area contributed by atoms with Gasteiger partial charge in [-0.15, -0.1) is 0 Å². The molecule has 0 atom stereocenters. The number of rotatable bonds is 4. The highest BCUT2D eigenvalue weighted by Crippen LogP contribution is 2.27. The fourth-order valence-corrected chi connectivity index (χ4v) is 3.82. The van der Waals surface area contributed by atoms with Crippen LogP contribution in [0.25, 0.3) is 0 Å². The Kier molecular flexibility index (Phi) is 6.14. The van der Waals surface area contributed by atoms with Crippen molar-refractivity contribution in [2.24, 2.45) is 0 Å². The minimum Gasteiger partial charge on any atom is -0.327 e. The van der Waals surface area contributed by atoms with Gasteiger partial charge < -0.3 is 15.1 Å². The number of halogens is 1. The SMILES string of the molecule is Cc1cc(C)c(NC(=O)C[NH+]2CCN(C(=O)c3ccccc3)CC2)c(Cl)c1. The summed E-state index contributed by atoms with van der Waals surface area (Å²) in [5, 5.41) is 3.50. The summed E-state index contributed by atoms with van der Waals surface area (Å²) in [6.07, 6.45) is 0. The van der Waals surface area contributed by atoms with E-state index < -0.39 is 0 Å². The lowest BCUT2D eigenvalue weighted by molar-refractivity contribution is -0.895. The summed E-state index contributed by atoms with van der Waals surface area (Å²) >= 11 is 6.27. The van der Waals surface area contributed by atoms with Crippen molar-refractivity contribution in [1.82, 2.24) is 4.90 Å². The number of carbonyl (C=O) groups is 2. The maximum atomic E-state index is 12.5. The van der Waals surface area contributed by atoms with Crippen molar-refractivity contribution in [3.63, 3.8) is 0 Å². The van der Waals surface area contributed by atoms with Crippen LogP contribution in [0.4, 0.5) is 5.69 Å². The van der Waals surface area contributed by atoms with Gasteiger partial charge in [-0.2, -0.15) is 0 Å². The van der Waals surface area contributed by atoms with Gasteiger partial charge in [0.2, 0.25) is 0 Å². The lowest BCUT2D eigenvalue weighted by Crippen LogP contribution is -3.15. The molecule has 2 N–H and O–H groups in total. The number of hydrogen-bond acceptors (Lipinski definition) is 2. The molecule has 142 valence electrons. The minimum atomic E-state index is -0.0540. The molecule has 5 nitrogen and oxygen atoms in total. The van der Waals surface area contributed by atoms with E-state index >= 15 is 0 Å². The Labute approximate surface area is 164 Å². The van der Waals surface area contributed by atoms with E-state index in [0.717, 1.165) is 24.2 Å². The van der Waals surface area contributed by atoms with Crippen molar-refractivity contribution in [1.29, 1.82) is 0 Å². The minimum absolute atomic E-state index is 0.0540. The zero-order chi connectivity index (χ0) is 19.4. The number of hydrogen-bond donors (Lipinski definition) is 2. The van der Waals surface area contributed by atoms with E-state index in [-0.39, 0.29) is 11.8 Å². The van der Waals surface area contributed by atoms with Gasteiger partial charge in [0.15, 0.2) is 6.54 Å². The second kappa shape index (κ2) is 8.55. The number of nitrogens with zero attached hydrogens (tertiary/aromatic N) is 1. The first-order valence-corrected chi connectivity index (χ1v) is 9.56. The van der Waals surface area contributed by atoms with Crippen LogP contribution in [0.3, 0.4) is 0 Å². The molecule has 0 aromatic heterocycles. The molecule has 2 amide bonds. The molecule has 6 heteroatoms. The summed E-state index contributed by atoms with van der Waals surface area (Å²) in [7, 11) is 0. The summed E-state index contributed by atoms with van der Waals surface area (Å²) in [4.78, 5) is 28.0. The molecule has 0 aliphatic carbocycles. The van der Waals surface area contributed by atoms with E-state index in [4.69, 9.17) is 11.6 Å². The fourth-order valence-electron chi connectivity index (χ4n) is 3.45. The Morgan fingerprint density at radius 3 is 2.41 bits per heavy atom. The van der Waals surface area contributed by atoms with Gasteiger partial charge >= 0.3 is 0 Å². The summed E-state index contributed by atoms with van der Waals surface area (Å²) in [6.45, 7) is 7.11. The van der Waals surface area contributed by atoms with Gasteiger partial charge in [0.05, 0.1) is 36.9 Å². The normalized spacial score (nSPS) is 14.9. The van der Waals surface area contributed by atoms with E-state index in [1.807, 2.05) is 61.2 Å². The second-order valence-electron chi connectivity index (χ2n) is 7.07. The third-order valence-electron chi connectivity index (χ3n) is 4.89. The first-order valence-electron chi connectivity index (χ1n) is 9.18. The van der Waals surface area contributed by atoms with Gasteiger partial charge in [-0.1, -0.05) is 35.9 Å². The molecule has 0 saturated carbocycles. The number of benzene rings is 2. The lowest BCUT2D eigenvalue weighted by Gasteiger charge is -2.32. The number of piperazine rings is 1. The molecule has 3 rings (SSSR count). The summed E-state index contributed by atoms with van der Waals surface area (Å²) in [5.74, 6) is 0.00264. The molecular formula is C21H25ClN3O2+. The Bertz CT molecular complexity index is 808. The quantitative estimate of drug-likeness (QED) is 0.843. The molecule has 1 aliphatic rings. The monoisotopic (exact) mass is 386 g/mol. The molecule has 1 fully saturated rings. The molecule has 27 heavy (non-hydrogen) atoms. The van der Waals surface area contributed by atoms with Crippen molar-refractivity contribution in [2.45, 2.75) is 13.8 Å². The van der Waals surface area contributed by atoms with Crippen LogP contribution in [0.1, 0.15) is 21.5 Å². The topological polar surface area (TPSA) is 53.9 Å². The maximum Gasteiger partial charge on any atom is 0.279 e. The predicted molar refractivity (Wildman–Crippen MR) is 107 cm³/mol. The van der Waals surface area contributed by atoms with Crippen molar-refractivity contribution < 1.29 is 14.5 Å². The number of quaternary nitrogens is 1. The zero-order valence-corrected chi connectivity index (χ0v) is 16.5. The van der Waals surface area contributed by atoms with E-state index in [1.165, 1.54) is 4.90 Å². The molecule has 0 radical (unpaired) electrons. The number of aryl methyl sites for hydroxylation is 2. The first kappa shape index (κ1) is 19.4. The number of anilines is 1. The Hall–Kier alpha value is -2.37. The Balaban J connectivity index is 1.52. The third kappa shape index (κ3) is 4.87. The summed E-state index contributed by atoms with van der Waals surface area (Å²) in [5.41, 5.74) is 3.43.